The van der Waals surface area contributed by atoms with E-state index in [2.05, 4.69) is 26.3 Å². The minimum atomic E-state index is -1.17. The van der Waals surface area contributed by atoms with Gasteiger partial charge in [-0.25, -0.2) is 4.79 Å². The first kappa shape index (κ1) is 18.7. The quantitative estimate of drug-likeness (QED) is 0.622. The van der Waals surface area contributed by atoms with Crippen LogP contribution in [0.3, 0.4) is 0 Å². The van der Waals surface area contributed by atoms with Crippen LogP contribution in [-0.2, 0) is 13.7 Å². The molecule has 0 spiro atoms. The first-order valence-corrected chi connectivity index (χ1v) is 8.78. The number of aromatic carboxylic acids is 1. The third-order valence-electron chi connectivity index (χ3n) is 3.81. The van der Waals surface area contributed by atoms with Crippen molar-refractivity contribution in [2.45, 2.75) is 6.61 Å². The second-order valence-corrected chi connectivity index (χ2v) is 6.56. The van der Waals surface area contributed by atoms with Crippen molar-refractivity contribution in [2.75, 3.05) is 5.32 Å². The average Bonchev–Trinajstić information content (AvgIpc) is 3.01. The fourth-order valence-electron chi connectivity index (χ4n) is 2.50. The Labute approximate surface area is 163 Å². The van der Waals surface area contributed by atoms with Gasteiger partial charge in [0.25, 0.3) is 5.91 Å². The van der Waals surface area contributed by atoms with Gasteiger partial charge in [0.05, 0.1) is 16.4 Å². The van der Waals surface area contributed by atoms with Crippen LogP contribution in [0.5, 0.6) is 5.75 Å². The molecule has 0 aliphatic carbocycles. The number of carbonyl (C=O) groups is 2. The van der Waals surface area contributed by atoms with Gasteiger partial charge < -0.3 is 15.2 Å². The maximum atomic E-state index is 12.5. The summed E-state index contributed by atoms with van der Waals surface area (Å²) >= 11 is 3.42. The van der Waals surface area contributed by atoms with Gasteiger partial charge >= 0.3 is 5.97 Å². The molecule has 2 N–H and O–H groups in total. The van der Waals surface area contributed by atoms with E-state index in [0.29, 0.717) is 11.3 Å². The summed E-state index contributed by atoms with van der Waals surface area (Å²) in [5.41, 5.74) is 1.26. The maximum absolute atomic E-state index is 12.5. The maximum Gasteiger partial charge on any atom is 0.356 e. The highest BCUT2D eigenvalue weighted by atomic mass is 79.9. The van der Waals surface area contributed by atoms with Crippen molar-refractivity contribution >= 4 is 33.5 Å². The number of carboxylic acid groups (broad SMARTS) is 1. The number of rotatable bonds is 6. The summed E-state index contributed by atoms with van der Waals surface area (Å²) in [5.74, 6) is -0.886. The van der Waals surface area contributed by atoms with Crippen LogP contribution in [0.25, 0.3) is 0 Å². The highest BCUT2D eigenvalue weighted by Gasteiger charge is 2.18. The van der Waals surface area contributed by atoms with E-state index in [-0.39, 0.29) is 18.0 Å². The molecular weight excluding hydrogens is 414 g/mol. The number of ether oxygens (including phenoxy) is 1. The number of halogens is 1. The van der Waals surface area contributed by atoms with Crippen LogP contribution >= 0.6 is 15.9 Å². The van der Waals surface area contributed by atoms with Gasteiger partial charge in [-0.05, 0) is 45.8 Å². The molecule has 0 saturated carbocycles. The number of carboxylic acids is 1. The van der Waals surface area contributed by atoms with Gasteiger partial charge in [-0.15, -0.1) is 0 Å². The van der Waals surface area contributed by atoms with Crippen LogP contribution in [0.2, 0.25) is 0 Å². The number of nitrogens with one attached hydrogen (secondary N) is 1. The molecule has 0 radical (unpaired) electrons. The van der Waals surface area contributed by atoms with E-state index in [1.807, 2.05) is 30.3 Å². The van der Waals surface area contributed by atoms with Crippen LogP contribution in [0, 0.1) is 0 Å². The molecule has 2 aromatic carbocycles. The summed E-state index contributed by atoms with van der Waals surface area (Å²) in [5, 5.41) is 15.7. The standard InChI is InChI=1S/C19H16BrN3O4/c1-23-17(19(25)26)15(10-21-23)22-18(24)13-6-4-5-12(9-13)11-27-16-8-3-2-7-14(16)20/h2-10H,11H2,1H3,(H,22,24)(H,25,26). The van der Waals surface area contributed by atoms with Crippen molar-refractivity contribution in [3.8, 4) is 5.75 Å². The normalized spacial score (nSPS) is 10.4. The Morgan fingerprint density at radius 1 is 1.22 bits per heavy atom. The number of anilines is 1. The van der Waals surface area contributed by atoms with Gasteiger partial charge in [-0.2, -0.15) is 5.10 Å². The monoisotopic (exact) mass is 429 g/mol. The zero-order valence-corrected chi connectivity index (χ0v) is 15.9. The van der Waals surface area contributed by atoms with Gasteiger partial charge in [0.15, 0.2) is 5.69 Å². The van der Waals surface area contributed by atoms with E-state index in [1.54, 1.807) is 18.2 Å². The van der Waals surface area contributed by atoms with E-state index >= 15 is 0 Å². The zero-order chi connectivity index (χ0) is 19.4. The topological polar surface area (TPSA) is 93.5 Å². The van der Waals surface area contributed by atoms with Crippen LogP contribution in [0.1, 0.15) is 26.4 Å². The largest absolute Gasteiger partial charge is 0.488 e. The molecule has 8 heteroatoms. The van der Waals surface area contributed by atoms with E-state index in [0.717, 1.165) is 10.0 Å². The number of benzene rings is 2. The van der Waals surface area contributed by atoms with Crippen LogP contribution < -0.4 is 10.1 Å². The van der Waals surface area contributed by atoms with Gasteiger partial charge in [0, 0.05) is 12.6 Å². The van der Waals surface area contributed by atoms with Crippen LogP contribution in [0.15, 0.2) is 59.2 Å². The third-order valence-corrected chi connectivity index (χ3v) is 4.46. The molecule has 3 rings (SSSR count). The molecule has 0 atom stereocenters. The number of hydrogen-bond acceptors (Lipinski definition) is 4. The smallest absolute Gasteiger partial charge is 0.356 e. The lowest BCUT2D eigenvalue weighted by atomic mass is 10.1. The summed E-state index contributed by atoms with van der Waals surface area (Å²) in [6.07, 6.45) is 1.31. The number of aromatic nitrogens is 2. The molecule has 3 aromatic rings. The third kappa shape index (κ3) is 4.35. The molecule has 1 aromatic heterocycles. The lowest BCUT2D eigenvalue weighted by Crippen LogP contribution is -2.15. The highest BCUT2D eigenvalue weighted by Crippen LogP contribution is 2.25. The number of nitrogens with zero attached hydrogens (tertiary/aromatic N) is 2. The lowest BCUT2D eigenvalue weighted by molar-refractivity contribution is 0.0686. The molecule has 0 saturated heterocycles. The van der Waals surface area contributed by atoms with Crippen molar-refractivity contribution in [3.05, 3.63) is 76.0 Å². The Balaban J connectivity index is 1.72. The second-order valence-electron chi connectivity index (χ2n) is 5.71. The average molecular weight is 430 g/mol. The van der Waals surface area contributed by atoms with Crippen LogP contribution in [0.4, 0.5) is 5.69 Å². The van der Waals surface area contributed by atoms with E-state index < -0.39 is 11.9 Å². The molecule has 7 nitrogen and oxygen atoms in total. The Kier molecular flexibility index (Phi) is 5.56. The van der Waals surface area contributed by atoms with Gasteiger partial charge in [-0.1, -0.05) is 24.3 Å². The molecule has 0 aliphatic rings. The molecule has 1 amide bonds. The molecular formula is C19H16BrN3O4. The molecule has 1 heterocycles. The summed E-state index contributed by atoms with van der Waals surface area (Å²) in [6.45, 7) is 0.289. The van der Waals surface area contributed by atoms with Crippen molar-refractivity contribution < 1.29 is 19.4 Å². The van der Waals surface area contributed by atoms with Gasteiger partial charge in [0.2, 0.25) is 0 Å². The molecule has 0 aliphatic heterocycles. The number of aryl methyl sites for hydroxylation is 1. The highest BCUT2D eigenvalue weighted by molar-refractivity contribution is 9.10. The van der Waals surface area contributed by atoms with E-state index in [1.165, 1.54) is 17.9 Å². The Morgan fingerprint density at radius 2 is 2.00 bits per heavy atom. The van der Waals surface area contributed by atoms with Crippen molar-refractivity contribution in [1.29, 1.82) is 0 Å². The molecule has 0 unspecified atom stereocenters. The van der Waals surface area contributed by atoms with Gasteiger partial charge in [-0.3, -0.25) is 9.48 Å². The van der Waals surface area contributed by atoms with E-state index in [4.69, 9.17) is 4.74 Å². The van der Waals surface area contributed by atoms with Crippen molar-refractivity contribution in [3.63, 3.8) is 0 Å². The van der Waals surface area contributed by atoms with Gasteiger partial charge in [0.1, 0.15) is 12.4 Å². The minimum absolute atomic E-state index is 0.0863. The number of hydrogen-bond donors (Lipinski definition) is 2. The second kappa shape index (κ2) is 8.05. The predicted molar refractivity (Wildman–Crippen MR) is 103 cm³/mol. The SMILES string of the molecule is Cn1ncc(NC(=O)c2cccc(COc3ccccc3Br)c2)c1C(=O)O. The summed E-state index contributed by atoms with van der Waals surface area (Å²) < 4.78 is 7.80. The number of carbonyl (C=O) groups excluding carboxylic acids is 1. The summed E-state index contributed by atoms with van der Waals surface area (Å²) in [7, 11) is 1.50. The fraction of sp³-hybridized carbons (Fsp3) is 0.105. The lowest BCUT2D eigenvalue weighted by Gasteiger charge is -2.09. The Bertz CT molecular complexity index is 1000. The first-order chi connectivity index (χ1) is 13.0. The van der Waals surface area contributed by atoms with E-state index in [9.17, 15) is 14.7 Å². The van der Waals surface area contributed by atoms with Crippen LogP contribution in [-0.4, -0.2) is 26.8 Å². The fourth-order valence-corrected chi connectivity index (χ4v) is 2.90. The molecule has 138 valence electrons. The number of amides is 1. The zero-order valence-electron chi connectivity index (χ0n) is 14.3. The Morgan fingerprint density at radius 3 is 2.74 bits per heavy atom. The molecule has 0 fully saturated rings. The number of para-hydroxylation sites is 1. The molecule has 27 heavy (non-hydrogen) atoms. The Hall–Kier alpha value is -3.13. The predicted octanol–water partition coefficient (Wildman–Crippen LogP) is 3.71. The van der Waals surface area contributed by atoms with Crippen molar-refractivity contribution in [1.82, 2.24) is 9.78 Å². The summed E-state index contributed by atoms with van der Waals surface area (Å²) in [6, 6.07) is 14.4. The summed E-state index contributed by atoms with van der Waals surface area (Å²) in [4.78, 5) is 23.8. The van der Waals surface area contributed by atoms with Crippen molar-refractivity contribution in [2.24, 2.45) is 7.05 Å². The minimum Gasteiger partial charge on any atom is -0.488 e. The first-order valence-electron chi connectivity index (χ1n) is 7.98. The molecule has 0 bridgehead atoms.